The Balaban J connectivity index is 2.03. The van der Waals surface area contributed by atoms with E-state index in [-0.39, 0.29) is 23.6 Å². The molecule has 1 fully saturated rings. The van der Waals surface area contributed by atoms with Crippen LogP contribution in [0.1, 0.15) is 18.4 Å². The quantitative estimate of drug-likeness (QED) is 0.782. The van der Waals surface area contributed by atoms with Crippen molar-refractivity contribution < 1.29 is 18.7 Å². The normalized spacial score (nSPS) is 19.4. The maximum absolute atomic E-state index is 12.8. The predicted molar refractivity (Wildman–Crippen MR) is 66.6 cm³/mol. The third-order valence-corrected chi connectivity index (χ3v) is 3.32. The van der Waals surface area contributed by atoms with Crippen molar-refractivity contribution in [2.24, 2.45) is 5.92 Å². The number of methoxy groups -OCH3 is 1. The molecule has 2 rings (SSSR count). The molecule has 1 atom stereocenters. The number of ether oxygens (including phenoxy) is 1. The van der Waals surface area contributed by atoms with Crippen LogP contribution in [0.25, 0.3) is 0 Å². The van der Waals surface area contributed by atoms with E-state index < -0.39 is 0 Å². The van der Waals surface area contributed by atoms with Crippen LogP contribution in [0.5, 0.6) is 0 Å². The summed E-state index contributed by atoms with van der Waals surface area (Å²) in [6.45, 7) is 0.759. The third-order valence-electron chi connectivity index (χ3n) is 3.32. The van der Waals surface area contributed by atoms with E-state index in [4.69, 9.17) is 4.74 Å². The molecule has 0 radical (unpaired) electrons. The molecule has 1 aromatic rings. The molecule has 0 aromatic heterocycles. The van der Waals surface area contributed by atoms with Crippen molar-refractivity contribution >= 4 is 11.9 Å². The van der Waals surface area contributed by atoms with Crippen LogP contribution >= 0.6 is 0 Å². The summed E-state index contributed by atoms with van der Waals surface area (Å²) < 4.78 is 17.5. The fourth-order valence-electron chi connectivity index (χ4n) is 2.24. The second-order valence-corrected chi connectivity index (χ2v) is 4.66. The number of benzene rings is 1. The monoisotopic (exact) mass is 265 g/mol. The Morgan fingerprint density at radius 3 is 2.74 bits per heavy atom. The molecule has 4 nitrogen and oxygen atoms in total. The summed E-state index contributed by atoms with van der Waals surface area (Å²) in [6.07, 6.45) is 0.881. The topological polar surface area (TPSA) is 46.6 Å². The lowest BCUT2D eigenvalue weighted by atomic mass is 9.97. The van der Waals surface area contributed by atoms with Gasteiger partial charge in [-0.25, -0.2) is 4.39 Å². The molecular weight excluding hydrogens is 249 g/mol. The smallest absolute Gasteiger partial charge is 0.310 e. The average Bonchev–Trinajstić information content (AvgIpc) is 2.43. The number of nitrogens with zero attached hydrogens (tertiary/aromatic N) is 1. The molecule has 1 heterocycles. The summed E-state index contributed by atoms with van der Waals surface area (Å²) in [5.74, 6) is -0.828. The summed E-state index contributed by atoms with van der Waals surface area (Å²) in [5, 5.41) is 0. The Morgan fingerprint density at radius 1 is 1.42 bits per heavy atom. The van der Waals surface area contributed by atoms with E-state index in [2.05, 4.69) is 0 Å². The van der Waals surface area contributed by atoms with Gasteiger partial charge in [0.05, 0.1) is 13.0 Å². The van der Waals surface area contributed by atoms with Gasteiger partial charge in [-0.15, -0.1) is 0 Å². The molecule has 0 unspecified atom stereocenters. The minimum Gasteiger partial charge on any atom is -0.469 e. The van der Waals surface area contributed by atoms with Gasteiger partial charge in [-0.1, -0.05) is 12.1 Å². The van der Waals surface area contributed by atoms with Gasteiger partial charge in [0.15, 0.2) is 0 Å². The number of rotatable bonds is 3. The van der Waals surface area contributed by atoms with Gasteiger partial charge in [0.1, 0.15) is 5.82 Å². The molecule has 1 aliphatic heterocycles. The van der Waals surface area contributed by atoms with Crippen LogP contribution in [0.4, 0.5) is 4.39 Å². The van der Waals surface area contributed by atoms with Crippen molar-refractivity contribution in [2.45, 2.75) is 19.4 Å². The van der Waals surface area contributed by atoms with Crippen molar-refractivity contribution in [3.05, 3.63) is 35.6 Å². The number of carbonyl (C=O) groups excluding carboxylic acids is 2. The molecule has 0 spiro atoms. The van der Waals surface area contributed by atoms with Crippen molar-refractivity contribution in [3.8, 4) is 0 Å². The highest BCUT2D eigenvalue weighted by molar-refractivity contribution is 5.81. The Hall–Kier alpha value is -1.91. The first-order chi connectivity index (χ1) is 9.10. The molecule has 0 bridgehead atoms. The number of hydrogen-bond donors (Lipinski definition) is 0. The number of piperidine rings is 1. The van der Waals surface area contributed by atoms with Gasteiger partial charge in [-0.2, -0.15) is 0 Å². The first-order valence-corrected chi connectivity index (χ1v) is 6.20. The van der Waals surface area contributed by atoms with Gasteiger partial charge in [-0.05, 0) is 24.1 Å². The number of hydrogen-bond acceptors (Lipinski definition) is 3. The molecule has 0 saturated carbocycles. The minimum atomic E-state index is -0.304. The summed E-state index contributed by atoms with van der Waals surface area (Å²) in [7, 11) is 1.35. The van der Waals surface area contributed by atoms with Gasteiger partial charge in [-0.3, -0.25) is 9.59 Å². The van der Waals surface area contributed by atoms with Crippen LogP contribution in [0.2, 0.25) is 0 Å². The van der Waals surface area contributed by atoms with Crippen LogP contribution in [0.15, 0.2) is 24.3 Å². The van der Waals surface area contributed by atoms with Gasteiger partial charge in [0.2, 0.25) is 5.91 Å². The van der Waals surface area contributed by atoms with Crippen LogP contribution in [0.3, 0.4) is 0 Å². The molecular formula is C14H16FNO3. The lowest BCUT2D eigenvalue weighted by molar-refractivity contribution is -0.150. The molecule has 102 valence electrons. The van der Waals surface area contributed by atoms with Crippen molar-refractivity contribution in [2.75, 3.05) is 13.7 Å². The number of likely N-dealkylation sites (tertiary alicyclic amines) is 1. The Kier molecular flexibility index (Phi) is 4.14. The highest BCUT2D eigenvalue weighted by Crippen LogP contribution is 2.20. The molecule has 0 N–H and O–H groups in total. The van der Waals surface area contributed by atoms with Crippen LogP contribution in [-0.4, -0.2) is 30.4 Å². The Bertz CT molecular complexity index is 472. The van der Waals surface area contributed by atoms with Gasteiger partial charge in [0, 0.05) is 19.5 Å². The molecule has 1 aliphatic rings. The first-order valence-electron chi connectivity index (χ1n) is 6.20. The molecule has 19 heavy (non-hydrogen) atoms. The molecule has 1 amide bonds. The maximum atomic E-state index is 12.8. The Labute approximate surface area is 111 Å². The van der Waals surface area contributed by atoms with Gasteiger partial charge >= 0.3 is 5.97 Å². The number of carbonyl (C=O) groups is 2. The van der Waals surface area contributed by atoms with E-state index in [0.717, 1.165) is 5.56 Å². The van der Waals surface area contributed by atoms with Crippen LogP contribution < -0.4 is 0 Å². The summed E-state index contributed by atoms with van der Waals surface area (Å²) in [4.78, 5) is 25.0. The lowest BCUT2D eigenvalue weighted by Gasteiger charge is -2.31. The second kappa shape index (κ2) is 5.82. The molecule has 5 heteroatoms. The minimum absolute atomic E-state index is 0.0180. The Morgan fingerprint density at radius 2 is 2.11 bits per heavy atom. The standard InChI is InChI=1S/C14H16FNO3/c1-19-14(18)11-4-7-13(17)16(9-11)8-10-2-5-12(15)6-3-10/h2-3,5-6,11H,4,7-9H2,1H3/t11-/m0/s1. The zero-order valence-electron chi connectivity index (χ0n) is 10.8. The average molecular weight is 265 g/mol. The van der Waals surface area contributed by atoms with Gasteiger partial charge < -0.3 is 9.64 Å². The second-order valence-electron chi connectivity index (χ2n) is 4.66. The van der Waals surface area contributed by atoms with E-state index in [9.17, 15) is 14.0 Å². The number of halogens is 1. The van der Waals surface area contributed by atoms with Crippen molar-refractivity contribution in [1.29, 1.82) is 0 Å². The molecule has 0 aliphatic carbocycles. The zero-order valence-corrected chi connectivity index (χ0v) is 10.8. The summed E-state index contributed by atoms with van der Waals surface area (Å²) in [5.41, 5.74) is 0.847. The van der Waals surface area contributed by atoms with E-state index in [1.165, 1.54) is 19.2 Å². The third kappa shape index (κ3) is 3.30. The fraction of sp³-hybridized carbons (Fsp3) is 0.429. The van der Waals surface area contributed by atoms with Crippen LogP contribution in [-0.2, 0) is 20.9 Å². The SMILES string of the molecule is COC(=O)[C@H]1CCC(=O)N(Cc2ccc(F)cc2)C1. The fourth-order valence-corrected chi connectivity index (χ4v) is 2.24. The summed E-state index contributed by atoms with van der Waals surface area (Å²) in [6, 6.07) is 6.01. The number of amides is 1. The molecule has 1 saturated heterocycles. The molecule has 1 aromatic carbocycles. The first kappa shape index (κ1) is 13.5. The van der Waals surface area contributed by atoms with E-state index >= 15 is 0 Å². The highest BCUT2D eigenvalue weighted by Gasteiger charge is 2.30. The van der Waals surface area contributed by atoms with E-state index in [1.54, 1.807) is 17.0 Å². The van der Waals surface area contributed by atoms with E-state index in [1.807, 2.05) is 0 Å². The van der Waals surface area contributed by atoms with Gasteiger partial charge in [0.25, 0.3) is 0 Å². The predicted octanol–water partition coefficient (Wildman–Crippen LogP) is 1.74. The van der Waals surface area contributed by atoms with Crippen LogP contribution in [0, 0.1) is 11.7 Å². The highest BCUT2D eigenvalue weighted by atomic mass is 19.1. The summed E-state index contributed by atoms with van der Waals surface area (Å²) >= 11 is 0. The largest absolute Gasteiger partial charge is 0.469 e. The van der Waals surface area contributed by atoms with Crippen molar-refractivity contribution in [3.63, 3.8) is 0 Å². The van der Waals surface area contributed by atoms with Crippen molar-refractivity contribution in [1.82, 2.24) is 4.90 Å². The number of esters is 1. The van der Waals surface area contributed by atoms with E-state index in [0.29, 0.717) is 25.9 Å². The lowest BCUT2D eigenvalue weighted by Crippen LogP contribution is -2.42. The maximum Gasteiger partial charge on any atom is 0.310 e. The zero-order chi connectivity index (χ0) is 13.8.